The van der Waals surface area contributed by atoms with E-state index in [0.717, 1.165) is 53.2 Å². The fraction of sp³-hybridized carbons (Fsp3) is 0.214. The van der Waals surface area contributed by atoms with Crippen molar-refractivity contribution in [2.75, 3.05) is 13.1 Å². The number of hydrogen-bond acceptors (Lipinski definition) is 5. The van der Waals surface area contributed by atoms with Crippen LogP contribution in [0.4, 0.5) is 17.6 Å². The van der Waals surface area contributed by atoms with Gasteiger partial charge in [0.2, 0.25) is 0 Å². The van der Waals surface area contributed by atoms with Crippen molar-refractivity contribution in [2.45, 2.75) is 26.7 Å². The molecule has 0 saturated heterocycles. The molecule has 6 nitrogen and oxygen atoms in total. The van der Waals surface area contributed by atoms with E-state index in [4.69, 9.17) is 8.83 Å². The molecule has 0 spiro atoms. The van der Waals surface area contributed by atoms with Crippen LogP contribution in [0.2, 0.25) is 0 Å². The van der Waals surface area contributed by atoms with Gasteiger partial charge in [-0.1, -0.05) is 0 Å². The van der Waals surface area contributed by atoms with Crippen LogP contribution in [0.5, 0.6) is 0 Å². The predicted octanol–water partition coefficient (Wildman–Crippen LogP) is 8.91. The van der Waals surface area contributed by atoms with E-state index in [1.54, 1.807) is 0 Å². The number of amides is 1. The van der Waals surface area contributed by atoms with Gasteiger partial charge in [-0.3, -0.25) is 14.4 Å². The summed E-state index contributed by atoms with van der Waals surface area (Å²) in [6.07, 6.45) is 1.23. The number of nitrogens with one attached hydrogen (secondary N) is 1. The highest BCUT2D eigenvalue weighted by atomic mass is 36.0. The summed E-state index contributed by atoms with van der Waals surface area (Å²) in [4.78, 5) is 16.0. The van der Waals surface area contributed by atoms with Crippen molar-refractivity contribution in [3.63, 3.8) is 0 Å². The first-order valence-electron chi connectivity index (χ1n) is 12.3. The fourth-order valence-corrected chi connectivity index (χ4v) is 3.90. The van der Waals surface area contributed by atoms with E-state index in [1.165, 1.54) is 12.1 Å². The molecule has 0 fully saturated rings. The second-order valence-electron chi connectivity index (χ2n) is 8.84. The molecule has 3 heterocycles. The topological polar surface area (TPSA) is 84.8 Å². The highest BCUT2D eigenvalue weighted by Crippen LogP contribution is 2.61. The third kappa shape index (κ3) is 10.3. The third-order valence-electron chi connectivity index (χ3n) is 5.61. The van der Waals surface area contributed by atoms with Gasteiger partial charge in [0.25, 0.3) is 5.91 Å². The van der Waals surface area contributed by atoms with Gasteiger partial charge in [-0.2, -0.15) is 0 Å². The lowest BCUT2D eigenvalue weighted by Crippen LogP contribution is -2.26. The highest BCUT2D eigenvalue weighted by Gasteiger charge is 2.22. The summed E-state index contributed by atoms with van der Waals surface area (Å²) in [5, 5.41) is -0.667. The summed E-state index contributed by atoms with van der Waals surface area (Å²) in [5.74, 6) is -0.189. The number of hydrogen-bond donors (Lipinski definition) is 1. The Labute approximate surface area is 253 Å². The van der Waals surface area contributed by atoms with Crippen LogP contribution in [-0.4, -0.2) is 24.7 Å². The lowest BCUT2D eigenvalue weighted by Gasteiger charge is -2.12. The summed E-state index contributed by atoms with van der Waals surface area (Å²) in [6.45, 7) is 4.56. The number of fused-ring (bicyclic) bond motifs is 1. The fourth-order valence-electron chi connectivity index (χ4n) is 3.90. The van der Waals surface area contributed by atoms with Crippen LogP contribution >= 0.6 is 38.9 Å². The molecule has 2 aromatic heterocycles. The third-order valence-corrected chi connectivity index (χ3v) is 5.61. The average Bonchev–Trinajstić information content (AvgIpc) is 3.47. The monoisotopic (exact) mass is 664 g/mol. The molecule has 0 bridgehead atoms. The lowest BCUT2D eigenvalue weighted by molar-refractivity contribution is 0.0949. The summed E-state index contributed by atoms with van der Waals surface area (Å²) in [7, 11) is 0. The minimum absolute atomic E-state index is 0.169. The Hall–Kier alpha value is -3.04. The molecule has 0 atom stereocenters. The molecule has 1 amide bonds. The van der Waals surface area contributed by atoms with Crippen LogP contribution in [0, 0.1) is 37.1 Å². The van der Waals surface area contributed by atoms with Gasteiger partial charge in [0.15, 0.2) is 0 Å². The molecular weight excluding hydrogens is 642 g/mol. The van der Waals surface area contributed by atoms with Crippen molar-refractivity contribution in [3.05, 3.63) is 118 Å². The Bertz CT molecular complexity index is 1630. The second kappa shape index (κ2) is 14.9. The van der Waals surface area contributed by atoms with Gasteiger partial charge >= 0.3 is 5.20 Å². The molecule has 0 unspecified atom stereocenters. The number of benzene rings is 2. The van der Waals surface area contributed by atoms with E-state index in [1.807, 2.05) is 32.0 Å². The zero-order valence-corrected chi connectivity index (χ0v) is 25.4. The second-order valence-corrected chi connectivity index (χ2v) is 15.5. The molecule has 42 heavy (non-hydrogen) atoms. The van der Waals surface area contributed by atoms with Crippen molar-refractivity contribution in [3.8, 4) is 0 Å². The van der Waals surface area contributed by atoms with E-state index < -0.39 is 34.4 Å². The van der Waals surface area contributed by atoms with Gasteiger partial charge in [-0.05, 0) is 90.0 Å². The summed E-state index contributed by atoms with van der Waals surface area (Å²) >= 11 is 13.8. The molecular formula is C28H24Cl3F4N2O4P. The molecule has 1 aliphatic heterocycles. The Morgan fingerprint density at radius 3 is 2.12 bits per heavy atom. The first-order valence-corrected chi connectivity index (χ1v) is 16.7. The molecule has 14 heteroatoms. The number of carbonyl (C=O) groups is 1. The molecule has 2 aromatic carbocycles. The van der Waals surface area contributed by atoms with Crippen LogP contribution in [-0.2, 0) is 17.4 Å². The van der Waals surface area contributed by atoms with E-state index >= 15 is 0 Å². The molecule has 5 rings (SSSR count). The Morgan fingerprint density at radius 2 is 1.52 bits per heavy atom. The zero-order valence-electron chi connectivity index (χ0n) is 22.2. The smallest absolute Gasteiger partial charge is 0.339 e. The van der Waals surface area contributed by atoms with Crippen molar-refractivity contribution < 1.29 is 35.8 Å². The van der Waals surface area contributed by atoms with Crippen LogP contribution in [0.1, 0.15) is 44.5 Å². The van der Waals surface area contributed by atoms with Gasteiger partial charge in [0, 0.05) is 49.2 Å². The molecule has 224 valence electrons. The van der Waals surface area contributed by atoms with E-state index in [0.29, 0.717) is 36.9 Å². The molecule has 4 aromatic rings. The number of aliphatic imine (C=N–C) groups is 1. The van der Waals surface area contributed by atoms with Gasteiger partial charge in [-0.25, -0.2) is 17.6 Å². The minimum atomic E-state index is -3.22. The highest BCUT2D eigenvalue weighted by molar-refractivity contribution is 8.24. The average molecular weight is 666 g/mol. The maximum absolute atomic E-state index is 13.8. The van der Waals surface area contributed by atoms with Gasteiger partial charge < -0.3 is 14.2 Å². The number of aryl methyl sites for hydroxylation is 2. The predicted molar refractivity (Wildman–Crippen MR) is 155 cm³/mol. The molecule has 1 aliphatic rings. The van der Waals surface area contributed by atoms with Crippen molar-refractivity contribution in [1.82, 2.24) is 5.32 Å². The van der Waals surface area contributed by atoms with Gasteiger partial charge in [0.1, 0.15) is 46.3 Å². The largest absolute Gasteiger partial charge is 0.466 e. The quantitative estimate of drug-likeness (QED) is 0.170. The Kier molecular flexibility index (Phi) is 11.9. The van der Waals surface area contributed by atoms with Gasteiger partial charge in [0.05, 0.1) is 11.3 Å². The van der Waals surface area contributed by atoms with Crippen LogP contribution in [0.15, 0.2) is 68.4 Å². The van der Waals surface area contributed by atoms with Crippen molar-refractivity contribution in [1.29, 1.82) is 0 Å². The molecule has 0 saturated carbocycles. The molecule has 0 radical (unpaired) electrons. The van der Waals surface area contributed by atoms with Crippen molar-refractivity contribution >= 4 is 50.5 Å². The zero-order chi connectivity index (χ0) is 31.0. The van der Waals surface area contributed by atoms with Crippen LogP contribution in [0.25, 0.3) is 0 Å². The first kappa shape index (κ1) is 33.5. The van der Waals surface area contributed by atoms with Crippen LogP contribution < -0.4 is 5.32 Å². The summed E-state index contributed by atoms with van der Waals surface area (Å²) in [5.41, 5.74) is 1.50. The Balaban J connectivity index is 0.000000199. The van der Waals surface area contributed by atoms with E-state index in [-0.39, 0.29) is 5.56 Å². The molecule has 1 N–H and O–H groups in total. The van der Waals surface area contributed by atoms with E-state index in [9.17, 15) is 26.9 Å². The molecule has 0 aliphatic carbocycles. The number of rotatable bonds is 5. The first-order chi connectivity index (χ1) is 19.7. The summed E-state index contributed by atoms with van der Waals surface area (Å²) < 4.78 is 73.1. The number of halogens is 7. The van der Waals surface area contributed by atoms with E-state index in [2.05, 4.69) is 44.0 Å². The maximum atomic E-state index is 13.8. The summed E-state index contributed by atoms with van der Waals surface area (Å²) in [6, 6.07) is 11.9. The number of furan rings is 2. The minimum Gasteiger partial charge on any atom is -0.466 e. The van der Waals surface area contributed by atoms with Crippen molar-refractivity contribution in [2.24, 2.45) is 4.99 Å². The normalized spacial score (nSPS) is 12.3. The maximum Gasteiger partial charge on any atom is 0.339 e. The van der Waals surface area contributed by atoms with Crippen LogP contribution in [0.3, 0.4) is 0 Å². The Morgan fingerprint density at radius 1 is 0.881 bits per heavy atom. The lowest BCUT2D eigenvalue weighted by atomic mass is 9.98. The SMILES string of the molecule is Cc1cc2c(o1)CCN=C2c1ccc(F)cc1F.Cc1ccc(CCNC(=O)c2ccc(F)cc2F)o1.O=P(Cl)(Cl)Cl. The van der Waals surface area contributed by atoms with Gasteiger partial charge in [-0.15, -0.1) is 0 Å². The number of carbonyl (C=O) groups excluding carboxylic acids is 1. The number of nitrogens with zero attached hydrogens (tertiary/aromatic N) is 1. The standard InChI is InChI=1S/C14H13F2NO2.C14H11F2NO.Cl3OP/c1-9-2-4-11(19-9)6-7-17-14(18)12-5-3-10(15)8-13(12)16;1-8-6-11-13(18-8)4-5-17-14(11)10-3-2-9(15)7-12(10)16;1-5(2,3)4/h2-5,8H,6-7H2,1H3,(H,17,18);2-3,6-7H,4-5H2,1H3;.